The summed E-state index contributed by atoms with van der Waals surface area (Å²) in [6, 6.07) is 4.31. The summed E-state index contributed by atoms with van der Waals surface area (Å²) >= 11 is 0. The van der Waals surface area contributed by atoms with Crippen LogP contribution >= 0.6 is 0 Å². The van der Waals surface area contributed by atoms with Gasteiger partial charge in [-0.3, -0.25) is 29.4 Å². The summed E-state index contributed by atoms with van der Waals surface area (Å²) < 4.78 is 0. The molecule has 2 unspecified atom stereocenters. The summed E-state index contributed by atoms with van der Waals surface area (Å²) in [5, 5.41) is 9.11. The van der Waals surface area contributed by atoms with E-state index in [4.69, 9.17) is 0 Å². The number of piperidine rings is 1. The fourth-order valence-corrected chi connectivity index (χ4v) is 4.31. The molecule has 3 aliphatic heterocycles. The number of amides is 4. The van der Waals surface area contributed by atoms with E-state index in [9.17, 15) is 19.2 Å². The summed E-state index contributed by atoms with van der Waals surface area (Å²) in [5.74, 6) is -1.30. The molecule has 4 amide bonds. The summed E-state index contributed by atoms with van der Waals surface area (Å²) in [4.78, 5) is 50.1. The highest BCUT2D eigenvalue weighted by atomic mass is 16.2. The maximum Gasteiger partial charge on any atom is 0.262 e. The predicted octanol–water partition coefficient (Wildman–Crippen LogP) is 0.567. The van der Waals surface area contributed by atoms with E-state index >= 15 is 0 Å². The van der Waals surface area contributed by atoms with E-state index in [0.717, 1.165) is 30.1 Å². The van der Waals surface area contributed by atoms with Crippen molar-refractivity contribution in [2.45, 2.75) is 44.7 Å². The van der Waals surface area contributed by atoms with Gasteiger partial charge in [0.2, 0.25) is 11.8 Å². The molecule has 0 aromatic heterocycles. The van der Waals surface area contributed by atoms with Gasteiger partial charge in [0.15, 0.2) is 0 Å². The molecule has 1 aromatic carbocycles. The van der Waals surface area contributed by atoms with Crippen LogP contribution in [-0.2, 0) is 16.1 Å². The molecule has 8 nitrogen and oxygen atoms in total. The molecule has 0 saturated carbocycles. The van der Waals surface area contributed by atoms with E-state index in [0.29, 0.717) is 23.6 Å². The Kier molecular flexibility index (Phi) is 5.73. The quantitative estimate of drug-likeness (QED) is 0.626. The van der Waals surface area contributed by atoms with Crippen molar-refractivity contribution < 1.29 is 19.2 Å². The SMILES string of the molecule is O=C1CCC(N2C(=O)c3ccc(CNCC4CCCCNC4)cc3C2=O)C(=O)N1. The van der Waals surface area contributed by atoms with Crippen LogP contribution in [0.2, 0.25) is 0 Å². The Morgan fingerprint density at radius 3 is 2.69 bits per heavy atom. The average Bonchev–Trinajstić information content (AvgIpc) is 2.87. The Hall–Kier alpha value is -2.58. The van der Waals surface area contributed by atoms with Crippen molar-refractivity contribution in [2.75, 3.05) is 19.6 Å². The summed E-state index contributed by atoms with van der Waals surface area (Å²) in [5.41, 5.74) is 1.57. The number of nitrogens with one attached hydrogen (secondary N) is 3. The van der Waals surface area contributed by atoms with Gasteiger partial charge in [0.25, 0.3) is 11.8 Å². The fourth-order valence-electron chi connectivity index (χ4n) is 4.31. The van der Waals surface area contributed by atoms with Crippen molar-refractivity contribution in [3.63, 3.8) is 0 Å². The molecule has 2 atom stereocenters. The summed E-state index contributed by atoms with van der Waals surface area (Å²) in [6.07, 6.45) is 3.96. The summed E-state index contributed by atoms with van der Waals surface area (Å²) in [6.45, 7) is 3.62. The minimum atomic E-state index is -0.926. The molecule has 0 radical (unpaired) electrons. The van der Waals surface area contributed by atoms with Gasteiger partial charge in [0, 0.05) is 13.0 Å². The third-order valence-electron chi connectivity index (χ3n) is 5.92. The van der Waals surface area contributed by atoms with Crippen molar-refractivity contribution in [1.29, 1.82) is 0 Å². The first-order valence-corrected chi connectivity index (χ1v) is 10.3. The van der Waals surface area contributed by atoms with Gasteiger partial charge in [-0.1, -0.05) is 12.5 Å². The second-order valence-electron chi connectivity index (χ2n) is 8.02. The zero-order valence-corrected chi connectivity index (χ0v) is 16.3. The molecule has 0 aliphatic carbocycles. The zero-order chi connectivity index (χ0) is 20.4. The Morgan fingerprint density at radius 1 is 1.03 bits per heavy atom. The van der Waals surface area contributed by atoms with E-state index in [1.165, 1.54) is 19.3 Å². The molecule has 3 N–H and O–H groups in total. The third kappa shape index (κ3) is 4.09. The van der Waals surface area contributed by atoms with Crippen LogP contribution in [-0.4, -0.2) is 54.2 Å². The fraction of sp³-hybridized carbons (Fsp3) is 0.524. The van der Waals surface area contributed by atoms with Crippen molar-refractivity contribution >= 4 is 23.6 Å². The first-order chi connectivity index (χ1) is 14.0. The van der Waals surface area contributed by atoms with Crippen LogP contribution in [0.4, 0.5) is 0 Å². The lowest BCUT2D eigenvalue weighted by atomic mass is 10.0. The van der Waals surface area contributed by atoms with Gasteiger partial charge in [0.1, 0.15) is 6.04 Å². The maximum absolute atomic E-state index is 12.9. The number of imide groups is 2. The van der Waals surface area contributed by atoms with Gasteiger partial charge in [-0.25, -0.2) is 0 Å². The van der Waals surface area contributed by atoms with Crippen molar-refractivity contribution in [1.82, 2.24) is 20.9 Å². The molecule has 0 spiro atoms. The van der Waals surface area contributed by atoms with Gasteiger partial charge in [-0.15, -0.1) is 0 Å². The lowest BCUT2D eigenvalue weighted by Gasteiger charge is -2.27. The third-order valence-corrected chi connectivity index (χ3v) is 5.92. The molecule has 4 rings (SSSR count). The number of rotatable bonds is 5. The Labute approximate surface area is 169 Å². The molecule has 154 valence electrons. The van der Waals surface area contributed by atoms with Crippen LogP contribution in [0, 0.1) is 5.92 Å². The van der Waals surface area contributed by atoms with Crippen LogP contribution < -0.4 is 16.0 Å². The molecule has 2 fully saturated rings. The van der Waals surface area contributed by atoms with Crippen molar-refractivity contribution in [3.8, 4) is 0 Å². The highest BCUT2D eigenvalue weighted by molar-refractivity contribution is 6.23. The second kappa shape index (κ2) is 8.42. The Bertz CT molecular complexity index is 845. The van der Waals surface area contributed by atoms with E-state index < -0.39 is 23.8 Å². The topological polar surface area (TPSA) is 108 Å². The number of hydrogen-bond donors (Lipinski definition) is 3. The minimum absolute atomic E-state index is 0.120. The smallest absolute Gasteiger partial charge is 0.262 e. The number of fused-ring (bicyclic) bond motifs is 1. The first-order valence-electron chi connectivity index (χ1n) is 10.3. The molecular formula is C21H26N4O4. The van der Waals surface area contributed by atoms with Crippen LogP contribution in [0.1, 0.15) is 58.4 Å². The number of nitrogens with zero attached hydrogens (tertiary/aromatic N) is 1. The number of carbonyl (C=O) groups excluding carboxylic acids is 4. The number of hydrogen-bond acceptors (Lipinski definition) is 6. The van der Waals surface area contributed by atoms with Crippen LogP contribution in [0.3, 0.4) is 0 Å². The highest BCUT2D eigenvalue weighted by Gasteiger charge is 2.44. The van der Waals surface area contributed by atoms with E-state index in [-0.39, 0.29) is 18.7 Å². The number of benzene rings is 1. The maximum atomic E-state index is 12.9. The molecule has 29 heavy (non-hydrogen) atoms. The molecule has 3 heterocycles. The van der Waals surface area contributed by atoms with E-state index in [2.05, 4.69) is 16.0 Å². The van der Waals surface area contributed by atoms with Crippen LogP contribution in [0.15, 0.2) is 18.2 Å². The second-order valence-corrected chi connectivity index (χ2v) is 8.02. The van der Waals surface area contributed by atoms with Gasteiger partial charge < -0.3 is 10.6 Å². The van der Waals surface area contributed by atoms with Gasteiger partial charge >= 0.3 is 0 Å². The van der Waals surface area contributed by atoms with Gasteiger partial charge in [-0.2, -0.15) is 0 Å². The zero-order valence-electron chi connectivity index (χ0n) is 16.3. The molecule has 3 aliphatic rings. The largest absolute Gasteiger partial charge is 0.316 e. The lowest BCUT2D eigenvalue weighted by molar-refractivity contribution is -0.136. The Morgan fingerprint density at radius 2 is 1.86 bits per heavy atom. The van der Waals surface area contributed by atoms with Gasteiger partial charge in [-0.05, 0) is 62.5 Å². The minimum Gasteiger partial charge on any atom is -0.316 e. The Balaban J connectivity index is 1.41. The predicted molar refractivity (Wildman–Crippen MR) is 105 cm³/mol. The van der Waals surface area contributed by atoms with Crippen molar-refractivity contribution in [3.05, 3.63) is 34.9 Å². The standard InChI is InChI=1S/C21H26N4O4/c26-18-7-6-17(19(27)24-18)25-20(28)15-5-4-13(9-16(15)21(25)29)10-23-12-14-3-1-2-8-22-11-14/h4-5,9,14,17,22-23H,1-3,6-8,10-12H2,(H,24,26,27). The monoisotopic (exact) mass is 398 g/mol. The van der Waals surface area contributed by atoms with Gasteiger partial charge in [0.05, 0.1) is 11.1 Å². The van der Waals surface area contributed by atoms with E-state index in [1.807, 2.05) is 6.07 Å². The van der Waals surface area contributed by atoms with Crippen molar-refractivity contribution in [2.24, 2.45) is 5.92 Å². The molecule has 1 aromatic rings. The average molecular weight is 398 g/mol. The normalized spacial score (nSPS) is 25.0. The highest BCUT2D eigenvalue weighted by Crippen LogP contribution is 2.28. The van der Waals surface area contributed by atoms with E-state index in [1.54, 1.807) is 12.1 Å². The van der Waals surface area contributed by atoms with Crippen LogP contribution in [0.5, 0.6) is 0 Å². The lowest BCUT2D eigenvalue weighted by Crippen LogP contribution is -2.54. The summed E-state index contributed by atoms with van der Waals surface area (Å²) in [7, 11) is 0. The molecular weight excluding hydrogens is 372 g/mol. The molecule has 2 saturated heterocycles. The van der Waals surface area contributed by atoms with Crippen LogP contribution in [0.25, 0.3) is 0 Å². The number of carbonyl (C=O) groups is 4. The molecule has 8 heteroatoms. The first kappa shape index (κ1) is 19.7. The molecule has 0 bridgehead atoms.